The third-order valence-corrected chi connectivity index (χ3v) is 1.40. The highest BCUT2D eigenvalue weighted by Gasteiger charge is 2.31. The van der Waals surface area contributed by atoms with Crippen LogP contribution in [0.1, 0.15) is 12.8 Å². The Morgan fingerprint density at radius 2 is 2.30 bits per heavy atom. The van der Waals surface area contributed by atoms with Crippen molar-refractivity contribution in [2.75, 3.05) is 0 Å². The molecule has 56 valence electrons. The maximum absolute atomic E-state index is 5.14. The second-order valence-corrected chi connectivity index (χ2v) is 2.16. The molecule has 0 N–H and O–H groups in total. The van der Waals surface area contributed by atoms with Gasteiger partial charge in [-0.2, -0.15) is 0 Å². The third kappa shape index (κ3) is 2.28. The highest BCUT2D eigenvalue weighted by Crippen LogP contribution is 2.33. The summed E-state index contributed by atoms with van der Waals surface area (Å²) in [5, 5.41) is 3.28. The van der Waals surface area contributed by atoms with E-state index in [1.807, 2.05) is 0 Å². The zero-order valence-electron chi connectivity index (χ0n) is 5.62. The number of rotatable bonds is 3. The Labute approximate surface area is 67.0 Å². The first-order valence-electron chi connectivity index (χ1n) is 2.96. The molecule has 1 fully saturated rings. The molecule has 0 heterocycles. The first kappa shape index (κ1) is 9.32. The van der Waals surface area contributed by atoms with Crippen molar-refractivity contribution >= 4 is 19.1 Å². The van der Waals surface area contributed by atoms with Gasteiger partial charge in [0.05, 0.1) is 0 Å². The molecular formula is C7H10ClNO. The van der Waals surface area contributed by atoms with Gasteiger partial charge >= 0.3 is 0 Å². The number of nitrogens with zero attached hydrogens (tertiary/aromatic N) is 1. The van der Waals surface area contributed by atoms with E-state index >= 15 is 0 Å². The van der Waals surface area contributed by atoms with E-state index in [1.54, 1.807) is 0 Å². The van der Waals surface area contributed by atoms with Crippen LogP contribution in [-0.4, -0.2) is 12.8 Å². The van der Waals surface area contributed by atoms with E-state index in [0.29, 0.717) is 5.92 Å². The lowest BCUT2D eigenvalue weighted by Crippen LogP contribution is -2.08. The molecular weight excluding hydrogens is 150 g/mol. The van der Waals surface area contributed by atoms with Crippen molar-refractivity contribution in [2.45, 2.75) is 18.9 Å². The number of halogens is 1. The molecule has 1 aliphatic rings. The summed E-state index contributed by atoms with van der Waals surface area (Å²) in [5.74, 6) is 3.05. The molecule has 1 rings (SSSR count). The number of oxime groups is 1. The van der Waals surface area contributed by atoms with E-state index in [2.05, 4.69) is 17.8 Å². The van der Waals surface area contributed by atoms with Crippen molar-refractivity contribution in [1.82, 2.24) is 0 Å². The van der Waals surface area contributed by atoms with Gasteiger partial charge in [-0.05, 0) is 12.8 Å². The molecule has 1 aliphatic carbocycles. The predicted octanol–water partition coefficient (Wildman–Crippen LogP) is 1.45. The van der Waals surface area contributed by atoms with Crippen molar-refractivity contribution in [2.24, 2.45) is 11.1 Å². The van der Waals surface area contributed by atoms with Crippen molar-refractivity contribution in [3.05, 3.63) is 0 Å². The fourth-order valence-corrected chi connectivity index (χ4v) is 0.732. The molecule has 1 atom stereocenters. The molecule has 0 aliphatic heterocycles. The topological polar surface area (TPSA) is 21.6 Å². The molecule has 2 nitrogen and oxygen atoms in total. The van der Waals surface area contributed by atoms with Crippen LogP contribution in [0.25, 0.3) is 0 Å². The zero-order valence-corrected chi connectivity index (χ0v) is 6.43. The number of hydrogen-bond donors (Lipinski definition) is 0. The van der Waals surface area contributed by atoms with Crippen molar-refractivity contribution in [3.8, 4) is 12.3 Å². The second kappa shape index (κ2) is 4.19. The third-order valence-electron chi connectivity index (χ3n) is 1.40. The highest BCUT2D eigenvalue weighted by molar-refractivity contribution is 5.85. The standard InChI is InChI=1S/C7H9NO.ClH/c1-3-7(9-8-2)6-4-5-6;/h1,6-7H,2,4-5H2;1H. The smallest absolute Gasteiger partial charge is 0.189 e. The van der Waals surface area contributed by atoms with Crippen LogP contribution in [0.5, 0.6) is 0 Å². The normalized spacial score (nSPS) is 17.9. The van der Waals surface area contributed by atoms with Gasteiger partial charge in [0.1, 0.15) is 0 Å². The summed E-state index contributed by atoms with van der Waals surface area (Å²) in [5.41, 5.74) is 0. The van der Waals surface area contributed by atoms with Gasteiger partial charge in [-0.15, -0.1) is 24.0 Å². The molecule has 0 radical (unpaired) electrons. The van der Waals surface area contributed by atoms with Crippen molar-refractivity contribution < 1.29 is 4.84 Å². The van der Waals surface area contributed by atoms with Gasteiger partial charge in [-0.3, -0.25) is 0 Å². The van der Waals surface area contributed by atoms with E-state index in [-0.39, 0.29) is 18.5 Å². The van der Waals surface area contributed by atoms with Crippen LogP contribution >= 0.6 is 12.4 Å². The minimum Gasteiger partial charge on any atom is -0.380 e. The molecule has 0 saturated heterocycles. The lowest BCUT2D eigenvalue weighted by molar-refractivity contribution is 0.0864. The van der Waals surface area contributed by atoms with Gasteiger partial charge in [0.25, 0.3) is 0 Å². The van der Waals surface area contributed by atoms with Crippen molar-refractivity contribution in [1.29, 1.82) is 0 Å². The van der Waals surface area contributed by atoms with Crippen LogP contribution in [0.2, 0.25) is 0 Å². The minimum absolute atomic E-state index is 0. The van der Waals surface area contributed by atoms with Crippen LogP contribution in [0.4, 0.5) is 0 Å². The Hall–Kier alpha value is -0.680. The maximum Gasteiger partial charge on any atom is 0.189 e. The van der Waals surface area contributed by atoms with Gasteiger partial charge in [0.15, 0.2) is 6.10 Å². The van der Waals surface area contributed by atoms with E-state index in [1.165, 1.54) is 12.8 Å². The summed E-state index contributed by atoms with van der Waals surface area (Å²) < 4.78 is 0. The van der Waals surface area contributed by atoms with E-state index < -0.39 is 0 Å². The Kier molecular flexibility index (Phi) is 3.90. The van der Waals surface area contributed by atoms with Crippen molar-refractivity contribution in [3.63, 3.8) is 0 Å². The SMILES string of the molecule is C#CC(ON=C)C1CC1.Cl. The van der Waals surface area contributed by atoms with Crippen LogP contribution < -0.4 is 0 Å². The van der Waals surface area contributed by atoms with Crippen LogP contribution in [0, 0.1) is 18.3 Å². The van der Waals surface area contributed by atoms with E-state index in [4.69, 9.17) is 11.3 Å². The van der Waals surface area contributed by atoms with Gasteiger partial charge in [-0.1, -0.05) is 5.92 Å². The van der Waals surface area contributed by atoms with Gasteiger partial charge in [-0.25, -0.2) is 0 Å². The summed E-state index contributed by atoms with van der Waals surface area (Å²) in [6.45, 7) is 3.19. The monoisotopic (exact) mass is 159 g/mol. The van der Waals surface area contributed by atoms with E-state index in [0.717, 1.165) is 0 Å². The molecule has 0 aromatic rings. The average Bonchev–Trinajstić information content (AvgIpc) is 2.64. The Balaban J connectivity index is 0.000000810. The van der Waals surface area contributed by atoms with E-state index in [9.17, 15) is 0 Å². The van der Waals surface area contributed by atoms with Gasteiger partial charge in [0.2, 0.25) is 0 Å². The molecule has 0 amide bonds. The summed E-state index contributed by atoms with van der Waals surface area (Å²) >= 11 is 0. The first-order chi connectivity index (χ1) is 4.38. The summed E-state index contributed by atoms with van der Waals surface area (Å²) in [6.07, 6.45) is 7.36. The Morgan fingerprint density at radius 1 is 1.70 bits per heavy atom. The molecule has 0 bridgehead atoms. The molecule has 1 unspecified atom stereocenters. The Morgan fingerprint density at radius 3 is 2.60 bits per heavy atom. The fraction of sp³-hybridized carbons (Fsp3) is 0.571. The summed E-state index contributed by atoms with van der Waals surface area (Å²) in [6, 6.07) is 0. The quantitative estimate of drug-likeness (QED) is 0.347. The summed E-state index contributed by atoms with van der Waals surface area (Å²) in [7, 11) is 0. The number of terminal acetylenes is 1. The minimum atomic E-state index is -0.123. The maximum atomic E-state index is 5.14. The number of hydrogen-bond acceptors (Lipinski definition) is 2. The molecule has 1 saturated carbocycles. The van der Waals surface area contributed by atoms with Crippen LogP contribution in [0.3, 0.4) is 0 Å². The van der Waals surface area contributed by atoms with Crippen LogP contribution in [0.15, 0.2) is 5.16 Å². The van der Waals surface area contributed by atoms with Gasteiger partial charge < -0.3 is 4.84 Å². The lowest BCUT2D eigenvalue weighted by atomic mass is 10.2. The van der Waals surface area contributed by atoms with Gasteiger partial charge in [0, 0.05) is 12.6 Å². The molecule has 0 aromatic heterocycles. The molecule has 10 heavy (non-hydrogen) atoms. The Bertz CT molecular complexity index is 148. The lowest BCUT2D eigenvalue weighted by Gasteiger charge is -2.03. The largest absolute Gasteiger partial charge is 0.380 e. The first-order valence-corrected chi connectivity index (χ1v) is 2.96. The fourth-order valence-electron chi connectivity index (χ4n) is 0.732. The average molecular weight is 160 g/mol. The van der Waals surface area contributed by atoms with Crippen LogP contribution in [-0.2, 0) is 4.84 Å². The molecule has 3 heteroatoms. The highest BCUT2D eigenvalue weighted by atomic mass is 35.5. The molecule has 0 aromatic carbocycles. The second-order valence-electron chi connectivity index (χ2n) is 2.16. The zero-order chi connectivity index (χ0) is 6.69. The molecule has 0 spiro atoms. The summed E-state index contributed by atoms with van der Waals surface area (Å²) in [4.78, 5) is 4.79. The predicted molar refractivity (Wildman–Crippen MR) is 43.2 cm³/mol.